The average molecular weight is 195 g/mol. The Morgan fingerprint density at radius 3 is 2.79 bits per heavy atom. The van der Waals surface area contributed by atoms with Gasteiger partial charge in [0.2, 0.25) is 0 Å². The van der Waals surface area contributed by atoms with Gasteiger partial charge in [0.1, 0.15) is 5.82 Å². The van der Waals surface area contributed by atoms with E-state index in [4.69, 9.17) is 5.73 Å². The van der Waals surface area contributed by atoms with Gasteiger partial charge < -0.3 is 10.3 Å². The summed E-state index contributed by atoms with van der Waals surface area (Å²) in [6.45, 7) is 8.29. The summed E-state index contributed by atoms with van der Waals surface area (Å²) in [6.07, 6.45) is 6.02. The highest BCUT2D eigenvalue weighted by Crippen LogP contribution is 2.19. The van der Waals surface area contributed by atoms with E-state index < -0.39 is 0 Å². The highest BCUT2D eigenvalue weighted by atomic mass is 15.1. The summed E-state index contributed by atoms with van der Waals surface area (Å²) in [5.41, 5.74) is 5.86. The molecule has 1 rings (SSSR count). The number of imidazole rings is 1. The zero-order valence-corrected chi connectivity index (χ0v) is 9.45. The fourth-order valence-corrected chi connectivity index (χ4v) is 1.45. The lowest BCUT2D eigenvalue weighted by molar-refractivity contribution is 0.360. The Labute approximate surface area is 86.3 Å². The van der Waals surface area contributed by atoms with E-state index >= 15 is 0 Å². The molecule has 3 heteroatoms. The van der Waals surface area contributed by atoms with Crippen molar-refractivity contribution in [1.29, 1.82) is 0 Å². The second-order valence-corrected chi connectivity index (χ2v) is 4.58. The van der Waals surface area contributed by atoms with Gasteiger partial charge in [0.05, 0.1) is 0 Å². The van der Waals surface area contributed by atoms with E-state index in [9.17, 15) is 0 Å². The highest BCUT2D eigenvalue weighted by molar-refractivity contribution is 4.96. The van der Waals surface area contributed by atoms with Crippen LogP contribution in [0.5, 0.6) is 0 Å². The molecule has 1 aromatic heterocycles. The van der Waals surface area contributed by atoms with Crippen LogP contribution in [0.1, 0.15) is 33.0 Å². The van der Waals surface area contributed by atoms with Crippen LogP contribution in [0.25, 0.3) is 0 Å². The van der Waals surface area contributed by atoms with Crippen LogP contribution in [-0.2, 0) is 13.0 Å². The van der Waals surface area contributed by atoms with Crippen LogP contribution in [0.2, 0.25) is 0 Å². The Kier molecular flexibility index (Phi) is 3.69. The fraction of sp³-hybridized carbons (Fsp3) is 0.727. The topological polar surface area (TPSA) is 43.8 Å². The Bertz CT molecular complexity index is 276. The van der Waals surface area contributed by atoms with Gasteiger partial charge in [-0.05, 0) is 18.4 Å². The van der Waals surface area contributed by atoms with Crippen LogP contribution in [-0.4, -0.2) is 16.1 Å². The van der Waals surface area contributed by atoms with Crippen molar-refractivity contribution < 1.29 is 0 Å². The largest absolute Gasteiger partial charge is 0.335 e. The van der Waals surface area contributed by atoms with Crippen molar-refractivity contribution in [2.24, 2.45) is 11.1 Å². The minimum atomic E-state index is 0.150. The molecule has 0 aliphatic rings. The lowest BCUT2D eigenvalue weighted by Gasteiger charge is -2.22. The quantitative estimate of drug-likeness (QED) is 0.779. The van der Waals surface area contributed by atoms with Crippen LogP contribution in [0.4, 0.5) is 0 Å². The van der Waals surface area contributed by atoms with E-state index in [1.54, 1.807) is 0 Å². The molecule has 0 radical (unpaired) electrons. The van der Waals surface area contributed by atoms with E-state index in [2.05, 4.69) is 30.3 Å². The Morgan fingerprint density at radius 2 is 2.21 bits per heavy atom. The molecule has 0 atom stereocenters. The molecule has 0 saturated carbocycles. The maximum absolute atomic E-state index is 5.71. The van der Waals surface area contributed by atoms with Crippen LogP contribution < -0.4 is 5.73 Å². The van der Waals surface area contributed by atoms with Crippen molar-refractivity contribution in [3.63, 3.8) is 0 Å². The summed E-state index contributed by atoms with van der Waals surface area (Å²) in [5, 5.41) is 0. The SMILES string of the molecule is CCCn1ccnc1CC(C)(C)CN. The summed E-state index contributed by atoms with van der Waals surface area (Å²) >= 11 is 0. The molecule has 0 spiro atoms. The van der Waals surface area contributed by atoms with Crippen molar-refractivity contribution in [2.45, 2.75) is 40.2 Å². The smallest absolute Gasteiger partial charge is 0.109 e. The van der Waals surface area contributed by atoms with Gasteiger partial charge in [0, 0.05) is 25.4 Å². The number of aromatic nitrogens is 2. The number of hydrogen-bond donors (Lipinski definition) is 1. The summed E-state index contributed by atoms with van der Waals surface area (Å²) in [6, 6.07) is 0. The van der Waals surface area contributed by atoms with E-state index in [-0.39, 0.29) is 5.41 Å². The second kappa shape index (κ2) is 4.60. The van der Waals surface area contributed by atoms with Gasteiger partial charge in [0.25, 0.3) is 0 Å². The molecule has 14 heavy (non-hydrogen) atoms. The van der Waals surface area contributed by atoms with E-state index in [0.717, 1.165) is 25.2 Å². The van der Waals surface area contributed by atoms with Crippen LogP contribution in [0.15, 0.2) is 12.4 Å². The molecule has 1 heterocycles. The van der Waals surface area contributed by atoms with Crippen molar-refractivity contribution in [1.82, 2.24) is 9.55 Å². The maximum atomic E-state index is 5.71. The normalized spacial score (nSPS) is 12.0. The van der Waals surface area contributed by atoms with Crippen molar-refractivity contribution in [3.05, 3.63) is 18.2 Å². The number of rotatable bonds is 5. The number of aryl methyl sites for hydroxylation is 1. The van der Waals surface area contributed by atoms with Crippen LogP contribution in [0.3, 0.4) is 0 Å². The first-order chi connectivity index (χ1) is 6.59. The molecule has 0 saturated heterocycles. The first-order valence-corrected chi connectivity index (χ1v) is 5.29. The van der Waals surface area contributed by atoms with Crippen LogP contribution >= 0.6 is 0 Å². The lowest BCUT2D eigenvalue weighted by atomic mass is 9.89. The maximum Gasteiger partial charge on any atom is 0.109 e. The van der Waals surface area contributed by atoms with Crippen molar-refractivity contribution in [2.75, 3.05) is 6.54 Å². The summed E-state index contributed by atoms with van der Waals surface area (Å²) in [5.74, 6) is 1.15. The molecule has 1 aromatic rings. The van der Waals surface area contributed by atoms with Crippen molar-refractivity contribution >= 4 is 0 Å². The Morgan fingerprint density at radius 1 is 1.50 bits per heavy atom. The third kappa shape index (κ3) is 2.84. The summed E-state index contributed by atoms with van der Waals surface area (Å²) in [7, 11) is 0. The molecule has 2 N–H and O–H groups in total. The van der Waals surface area contributed by atoms with E-state index in [1.165, 1.54) is 0 Å². The third-order valence-electron chi connectivity index (χ3n) is 2.46. The van der Waals surface area contributed by atoms with Gasteiger partial charge in [-0.3, -0.25) is 0 Å². The van der Waals surface area contributed by atoms with Gasteiger partial charge in [-0.2, -0.15) is 0 Å². The first-order valence-electron chi connectivity index (χ1n) is 5.29. The predicted molar refractivity (Wildman–Crippen MR) is 59.1 cm³/mol. The monoisotopic (exact) mass is 195 g/mol. The molecule has 80 valence electrons. The molecule has 0 aromatic carbocycles. The number of nitrogens with two attached hydrogens (primary N) is 1. The van der Waals surface area contributed by atoms with Crippen molar-refractivity contribution in [3.8, 4) is 0 Å². The molecule has 0 aliphatic carbocycles. The minimum absolute atomic E-state index is 0.150. The minimum Gasteiger partial charge on any atom is -0.335 e. The lowest BCUT2D eigenvalue weighted by Crippen LogP contribution is -2.27. The summed E-state index contributed by atoms with van der Waals surface area (Å²) < 4.78 is 2.22. The molecule has 0 amide bonds. The third-order valence-corrected chi connectivity index (χ3v) is 2.46. The highest BCUT2D eigenvalue weighted by Gasteiger charge is 2.18. The zero-order valence-electron chi connectivity index (χ0n) is 9.45. The Hall–Kier alpha value is -0.830. The molecule has 0 unspecified atom stereocenters. The molecule has 3 nitrogen and oxygen atoms in total. The molecular weight excluding hydrogens is 174 g/mol. The fourth-order valence-electron chi connectivity index (χ4n) is 1.45. The standard InChI is InChI=1S/C11H21N3/c1-4-6-14-7-5-13-10(14)8-11(2,3)9-12/h5,7H,4,6,8-9,12H2,1-3H3. The van der Waals surface area contributed by atoms with E-state index in [1.807, 2.05) is 12.4 Å². The second-order valence-electron chi connectivity index (χ2n) is 4.58. The van der Waals surface area contributed by atoms with E-state index in [0.29, 0.717) is 6.54 Å². The molecule has 0 aliphatic heterocycles. The number of nitrogens with zero attached hydrogens (tertiary/aromatic N) is 2. The number of hydrogen-bond acceptors (Lipinski definition) is 2. The van der Waals surface area contributed by atoms with Gasteiger partial charge in [-0.1, -0.05) is 20.8 Å². The van der Waals surface area contributed by atoms with Gasteiger partial charge >= 0.3 is 0 Å². The average Bonchev–Trinajstić information content (AvgIpc) is 2.53. The first kappa shape index (κ1) is 11.2. The van der Waals surface area contributed by atoms with Gasteiger partial charge in [0.15, 0.2) is 0 Å². The van der Waals surface area contributed by atoms with Crippen LogP contribution in [0, 0.1) is 5.41 Å². The van der Waals surface area contributed by atoms with Gasteiger partial charge in [-0.15, -0.1) is 0 Å². The zero-order chi connectivity index (χ0) is 10.6. The van der Waals surface area contributed by atoms with Gasteiger partial charge in [-0.25, -0.2) is 4.98 Å². The molecule has 0 fully saturated rings. The molecular formula is C11H21N3. The Balaban J connectivity index is 2.70. The molecule has 0 bridgehead atoms. The predicted octanol–water partition coefficient (Wildman–Crippen LogP) is 1.82. The summed E-state index contributed by atoms with van der Waals surface area (Å²) in [4.78, 5) is 4.38.